The number of amides is 1. The van der Waals surface area contributed by atoms with Gasteiger partial charge in [0.15, 0.2) is 11.5 Å². The minimum atomic E-state index is -0.930. The van der Waals surface area contributed by atoms with E-state index in [0.717, 1.165) is 0 Å². The summed E-state index contributed by atoms with van der Waals surface area (Å²) in [6.45, 7) is 2.00. The molecule has 3 aromatic rings. The Kier molecular flexibility index (Phi) is 8.47. The number of ether oxygens (including phenoxy) is 3. The monoisotopic (exact) mass is 569 g/mol. The molecule has 3 aromatic carbocycles. The fourth-order valence-corrected chi connectivity index (χ4v) is 5.16. The van der Waals surface area contributed by atoms with E-state index in [-0.39, 0.29) is 45.8 Å². The first-order valence-electron chi connectivity index (χ1n) is 11.9. The summed E-state index contributed by atoms with van der Waals surface area (Å²) < 4.78 is 15.7. The molecule has 202 valence electrons. The van der Waals surface area contributed by atoms with Crippen molar-refractivity contribution in [3.05, 3.63) is 98.5 Å². The van der Waals surface area contributed by atoms with Crippen molar-refractivity contribution in [1.82, 2.24) is 4.90 Å². The van der Waals surface area contributed by atoms with Crippen molar-refractivity contribution < 1.29 is 33.7 Å². The SMILES string of the molecule is CCOC(=O)c1ccc(CN2C(=O)C(=O)/C(=C(/O)c3cc(Cl)c(OC)c(Cl)c3OC)C2c2ccccc2)cc1. The molecule has 1 heterocycles. The molecule has 8 nitrogen and oxygen atoms in total. The Bertz CT molecular complexity index is 1450. The third-order valence-electron chi connectivity index (χ3n) is 6.27. The molecule has 0 saturated carbocycles. The van der Waals surface area contributed by atoms with E-state index in [2.05, 4.69) is 0 Å². The van der Waals surface area contributed by atoms with Gasteiger partial charge in [0.05, 0.1) is 48.6 Å². The molecule has 1 atom stereocenters. The van der Waals surface area contributed by atoms with Crippen LogP contribution in [0.25, 0.3) is 5.76 Å². The molecule has 1 amide bonds. The van der Waals surface area contributed by atoms with Crippen molar-refractivity contribution in [3.8, 4) is 11.5 Å². The van der Waals surface area contributed by atoms with Crippen molar-refractivity contribution in [2.45, 2.75) is 19.5 Å². The summed E-state index contributed by atoms with van der Waals surface area (Å²) in [5, 5.41) is 11.6. The number of carbonyl (C=O) groups is 3. The molecule has 10 heteroatoms. The Morgan fingerprint density at radius 3 is 2.21 bits per heavy atom. The minimum Gasteiger partial charge on any atom is -0.507 e. The summed E-state index contributed by atoms with van der Waals surface area (Å²) in [6.07, 6.45) is 0. The fraction of sp³-hybridized carbons (Fsp3) is 0.207. The van der Waals surface area contributed by atoms with Crippen molar-refractivity contribution in [1.29, 1.82) is 0 Å². The molecule has 1 N–H and O–H groups in total. The highest BCUT2D eigenvalue weighted by molar-refractivity contribution is 6.47. The first-order valence-corrected chi connectivity index (χ1v) is 12.7. The van der Waals surface area contributed by atoms with Crippen LogP contribution in [-0.2, 0) is 20.9 Å². The van der Waals surface area contributed by atoms with E-state index in [1.165, 1.54) is 25.2 Å². The average Bonchev–Trinajstić information content (AvgIpc) is 3.18. The van der Waals surface area contributed by atoms with E-state index >= 15 is 0 Å². The van der Waals surface area contributed by atoms with Crippen molar-refractivity contribution in [3.63, 3.8) is 0 Å². The van der Waals surface area contributed by atoms with Crippen LogP contribution in [0.3, 0.4) is 0 Å². The summed E-state index contributed by atoms with van der Waals surface area (Å²) in [7, 11) is 2.73. The molecule has 1 aliphatic rings. The van der Waals surface area contributed by atoms with Crippen molar-refractivity contribution >= 4 is 46.6 Å². The molecule has 39 heavy (non-hydrogen) atoms. The Morgan fingerprint density at radius 1 is 0.974 bits per heavy atom. The third kappa shape index (κ3) is 5.30. The number of likely N-dealkylation sites (tertiary alicyclic amines) is 1. The van der Waals surface area contributed by atoms with Crippen LogP contribution in [0.5, 0.6) is 11.5 Å². The van der Waals surface area contributed by atoms with Gasteiger partial charge in [-0.2, -0.15) is 0 Å². The van der Waals surface area contributed by atoms with Gasteiger partial charge in [0.2, 0.25) is 0 Å². The van der Waals surface area contributed by atoms with E-state index in [4.69, 9.17) is 37.4 Å². The van der Waals surface area contributed by atoms with E-state index < -0.39 is 29.5 Å². The summed E-state index contributed by atoms with van der Waals surface area (Å²) >= 11 is 12.7. The molecular formula is C29H25Cl2NO7. The lowest BCUT2D eigenvalue weighted by molar-refractivity contribution is -0.140. The Balaban J connectivity index is 1.83. The molecule has 1 aliphatic heterocycles. The first kappa shape index (κ1) is 28.0. The molecule has 0 aromatic heterocycles. The topological polar surface area (TPSA) is 102 Å². The van der Waals surface area contributed by atoms with Gasteiger partial charge in [-0.05, 0) is 36.2 Å². The van der Waals surface area contributed by atoms with E-state index in [1.54, 1.807) is 61.5 Å². The highest BCUT2D eigenvalue weighted by atomic mass is 35.5. The predicted molar refractivity (Wildman–Crippen MR) is 146 cm³/mol. The molecule has 0 radical (unpaired) electrons. The number of Topliss-reactive ketones (excluding diaryl/α,β-unsaturated/α-hetero) is 1. The number of benzene rings is 3. The average molecular weight is 570 g/mol. The van der Waals surface area contributed by atoms with E-state index in [1.807, 2.05) is 0 Å². The number of aliphatic hydroxyl groups is 1. The smallest absolute Gasteiger partial charge is 0.338 e. The van der Waals surface area contributed by atoms with Crippen molar-refractivity contribution in [2.75, 3.05) is 20.8 Å². The Labute approximate surface area is 235 Å². The second kappa shape index (κ2) is 11.8. The molecule has 1 fully saturated rings. The number of esters is 1. The Hall–Kier alpha value is -4.01. The van der Waals surface area contributed by atoms with Gasteiger partial charge in [-0.25, -0.2) is 4.79 Å². The number of rotatable bonds is 8. The van der Waals surface area contributed by atoms with Gasteiger partial charge in [-0.15, -0.1) is 0 Å². The number of carbonyl (C=O) groups excluding carboxylic acids is 3. The first-order chi connectivity index (χ1) is 18.7. The van der Waals surface area contributed by atoms with E-state index in [0.29, 0.717) is 16.7 Å². The normalized spacial score (nSPS) is 16.3. The lowest BCUT2D eigenvalue weighted by atomic mass is 9.94. The number of halogens is 2. The quantitative estimate of drug-likeness (QED) is 0.158. The zero-order valence-electron chi connectivity index (χ0n) is 21.4. The van der Waals surface area contributed by atoms with Gasteiger partial charge in [-0.1, -0.05) is 65.7 Å². The van der Waals surface area contributed by atoms with Crippen LogP contribution < -0.4 is 9.47 Å². The van der Waals surface area contributed by atoms with Crippen LogP contribution in [0.15, 0.2) is 66.2 Å². The van der Waals surface area contributed by atoms with E-state index in [9.17, 15) is 19.5 Å². The summed E-state index contributed by atoms with van der Waals surface area (Å²) in [6, 6.07) is 15.8. The predicted octanol–water partition coefficient (Wildman–Crippen LogP) is 5.81. The largest absolute Gasteiger partial charge is 0.507 e. The van der Waals surface area contributed by atoms with Crippen LogP contribution in [0.2, 0.25) is 10.0 Å². The van der Waals surface area contributed by atoms with Gasteiger partial charge in [0.1, 0.15) is 10.8 Å². The maximum Gasteiger partial charge on any atom is 0.338 e. The molecule has 1 unspecified atom stereocenters. The maximum atomic E-state index is 13.4. The zero-order valence-corrected chi connectivity index (χ0v) is 22.9. The lowest BCUT2D eigenvalue weighted by Gasteiger charge is -2.26. The van der Waals surface area contributed by atoms with Gasteiger partial charge in [0, 0.05) is 6.54 Å². The number of aliphatic hydroxyl groups excluding tert-OH is 1. The van der Waals surface area contributed by atoms with Crippen LogP contribution in [0, 0.1) is 0 Å². The number of ketones is 1. The van der Waals surface area contributed by atoms with Gasteiger partial charge in [-0.3, -0.25) is 9.59 Å². The third-order valence-corrected chi connectivity index (χ3v) is 6.89. The van der Waals surface area contributed by atoms with Gasteiger partial charge in [0.25, 0.3) is 11.7 Å². The zero-order chi connectivity index (χ0) is 28.3. The van der Waals surface area contributed by atoms with Crippen LogP contribution >= 0.6 is 23.2 Å². The molecule has 0 aliphatic carbocycles. The van der Waals surface area contributed by atoms with Crippen LogP contribution in [0.1, 0.15) is 40.0 Å². The molecular weight excluding hydrogens is 545 g/mol. The highest BCUT2D eigenvalue weighted by Gasteiger charge is 2.46. The number of hydrogen-bond acceptors (Lipinski definition) is 7. The van der Waals surface area contributed by atoms with Crippen molar-refractivity contribution in [2.24, 2.45) is 0 Å². The maximum absolute atomic E-state index is 13.4. The second-order valence-electron chi connectivity index (χ2n) is 8.54. The highest BCUT2D eigenvalue weighted by Crippen LogP contribution is 2.47. The molecule has 1 saturated heterocycles. The summed E-state index contributed by atoms with van der Waals surface area (Å²) in [5.74, 6) is -2.47. The Morgan fingerprint density at radius 2 is 1.62 bits per heavy atom. The van der Waals surface area contributed by atoms with Gasteiger partial charge < -0.3 is 24.2 Å². The number of methoxy groups -OCH3 is 2. The lowest BCUT2D eigenvalue weighted by Crippen LogP contribution is -2.29. The molecule has 0 spiro atoms. The van der Waals surface area contributed by atoms with Crippen LogP contribution in [-0.4, -0.2) is 48.5 Å². The molecule has 4 rings (SSSR count). The number of hydrogen-bond donors (Lipinski definition) is 1. The standard InChI is InChI=1S/C29H25Cl2NO7/c1-4-39-29(36)18-12-10-16(11-13-18)15-32-23(17-8-6-5-7-9-17)21(25(34)28(32)35)24(33)19-14-20(30)27(38-3)22(31)26(19)37-2/h5-14,23,33H,4,15H2,1-3H3/b24-21+. The van der Waals surface area contributed by atoms with Crippen LogP contribution in [0.4, 0.5) is 0 Å². The molecule has 0 bridgehead atoms. The minimum absolute atomic E-state index is 0.00114. The fourth-order valence-electron chi connectivity index (χ4n) is 4.47. The second-order valence-corrected chi connectivity index (χ2v) is 9.33. The summed E-state index contributed by atoms with van der Waals surface area (Å²) in [4.78, 5) is 40.1. The van der Waals surface area contributed by atoms with Gasteiger partial charge >= 0.3 is 5.97 Å². The summed E-state index contributed by atoms with van der Waals surface area (Å²) in [5.41, 5.74) is 1.52. The number of nitrogens with zero attached hydrogens (tertiary/aromatic N) is 1.